The Hall–Kier alpha value is -1.51. The van der Waals surface area contributed by atoms with Crippen LogP contribution < -0.4 is 0 Å². The van der Waals surface area contributed by atoms with Crippen LogP contribution in [0.25, 0.3) is 0 Å². The number of hydrogen-bond acceptors (Lipinski definition) is 6. The van der Waals surface area contributed by atoms with Crippen LogP contribution in [-0.2, 0) is 4.74 Å². The standard InChI is InChI=1S/C10H3BrN4OS/c11-6-1-17-8-7(6)9(2-12,3-13)16-10(8,4-14)5-15/h1,7-8H/t7-,8+/m1/s1. The maximum atomic E-state index is 9.13. The Balaban J connectivity index is 2.62. The Labute approximate surface area is 110 Å². The third-order valence-electron chi connectivity index (χ3n) is 2.75. The molecule has 0 saturated carbocycles. The van der Waals surface area contributed by atoms with E-state index in [1.54, 1.807) is 29.7 Å². The van der Waals surface area contributed by atoms with Gasteiger partial charge in [-0.05, 0) is 5.41 Å². The molecule has 0 aromatic heterocycles. The van der Waals surface area contributed by atoms with E-state index in [1.807, 2.05) is 0 Å². The zero-order valence-electron chi connectivity index (χ0n) is 8.22. The monoisotopic (exact) mass is 306 g/mol. The lowest BCUT2D eigenvalue weighted by molar-refractivity contribution is 0.0152. The van der Waals surface area contributed by atoms with Gasteiger partial charge in [0, 0.05) is 4.48 Å². The zero-order valence-corrected chi connectivity index (χ0v) is 10.6. The first-order chi connectivity index (χ1) is 8.09. The highest BCUT2D eigenvalue weighted by Crippen LogP contribution is 2.56. The van der Waals surface area contributed by atoms with Crippen LogP contribution in [0.4, 0.5) is 0 Å². The van der Waals surface area contributed by atoms with E-state index in [0.717, 1.165) is 0 Å². The first-order valence-corrected chi connectivity index (χ1v) is 6.19. The Morgan fingerprint density at radius 1 is 1.12 bits per heavy atom. The second kappa shape index (κ2) is 3.76. The molecule has 0 bridgehead atoms. The molecule has 7 heteroatoms. The summed E-state index contributed by atoms with van der Waals surface area (Å²) in [6.45, 7) is 0. The molecule has 0 aliphatic carbocycles. The number of fused-ring (bicyclic) bond motifs is 1. The summed E-state index contributed by atoms with van der Waals surface area (Å²) < 4.78 is 5.85. The second-order valence-electron chi connectivity index (χ2n) is 3.56. The number of thioether (sulfide) groups is 1. The molecule has 2 rings (SSSR count). The highest BCUT2D eigenvalue weighted by Gasteiger charge is 2.67. The van der Waals surface area contributed by atoms with E-state index in [4.69, 9.17) is 25.8 Å². The molecule has 2 aliphatic heterocycles. The zero-order chi connectivity index (χ0) is 12.7. The van der Waals surface area contributed by atoms with Gasteiger partial charge in [-0.1, -0.05) is 15.9 Å². The molecule has 1 saturated heterocycles. The number of nitrogens with zero attached hydrogens (tertiary/aromatic N) is 4. The maximum absolute atomic E-state index is 9.13. The van der Waals surface area contributed by atoms with Gasteiger partial charge in [-0.2, -0.15) is 21.0 Å². The molecule has 5 nitrogen and oxygen atoms in total. The van der Waals surface area contributed by atoms with Crippen molar-refractivity contribution >= 4 is 27.7 Å². The van der Waals surface area contributed by atoms with E-state index in [9.17, 15) is 0 Å². The molecule has 17 heavy (non-hydrogen) atoms. The summed E-state index contributed by atoms with van der Waals surface area (Å²) in [7, 11) is 0. The van der Waals surface area contributed by atoms with Crippen molar-refractivity contribution in [3.63, 3.8) is 0 Å². The summed E-state index contributed by atoms with van der Waals surface area (Å²) in [5, 5.41) is 37.6. The summed E-state index contributed by atoms with van der Waals surface area (Å²) in [6, 6.07) is 7.13. The third kappa shape index (κ3) is 1.31. The first kappa shape index (κ1) is 12.0. The lowest BCUT2D eigenvalue weighted by Crippen LogP contribution is -2.35. The van der Waals surface area contributed by atoms with E-state index in [2.05, 4.69) is 15.9 Å². The van der Waals surface area contributed by atoms with Crippen molar-refractivity contribution in [2.24, 2.45) is 5.92 Å². The topological polar surface area (TPSA) is 104 Å². The predicted octanol–water partition coefficient (Wildman–Crippen LogP) is 1.56. The van der Waals surface area contributed by atoms with E-state index in [1.165, 1.54) is 11.8 Å². The number of rotatable bonds is 0. The largest absolute Gasteiger partial charge is 0.311 e. The number of ether oxygens (including phenoxy) is 1. The van der Waals surface area contributed by atoms with Crippen LogP contribution in [0.1, 0.15) is 0 Å². The van der Waals surface area contributed by atoms with E-state index in [0.29, 0.717) is 4.48 Å². The first-order valence-electron chi connectivity index (χ1n) is 4.45. The van der Waals surface area contributed by atoms with Crippen molar-refractivity contribution in [2.45, 2.75) is 16.5 Å². The fourth-order valence-electron chi connectivity index (χ4n) is 1.96. The van der Waals surface area contributed by atoms with Gasteiger partial charge >= 0.3 is 0 Å². The van der Waals surface area contributed by atoms with Gasteiger partial charge in [-0.25, -0.2) is 0 Å². The van der Waals surface area contributed by atoms with Crippen LogP contribution in [0, 0.1) is 51.2 Å². The number of halogens is 1. The quantitative estimate of drug-likeness (QED) is 0.672. The van der Waals surface area contributed by atoms with Crippen molar-refractivity contribution in [1.82, 2.24) is 0 Å². The van der Waals surface area contributed by atoms with Gasteiger partial charge in [0.2, 0.25) is 0 Å². The van der Waals surface area contributed by atoms with Gasteiger partial charge in [0.1, 0.15) is 24.3 Å². The van der Waals surface area contributed by atoms with Crippen molar-refractivity contribution in [2.75, 3.05) is 0 Å². The van der Waals surface area contributed by atoms with Crippen molar-refractivity contribution in [3.8, 4) is 24.3 Å². The molecule has 0 spiro atoms. The van der Waals surface area contributed by atoms with Crippen molar-refractivity contribution in [3.05, 3.63) is 9.89 Å². The lowest BCUT2D eigenvalue weighted by Gasteiger charge is -2.18. The number of nitriles is 4. The van der Waals surface area contributed by atoms with Crippen LogP contribution in [0.2, 0.25) is 0 Å². The van der Waals surface area contributed by atoms with E-state index in [-0.39, 0.29) is 0 Å². The summed E-state index contributed by atoms with van der Waals surface area (Å²) >= 11 is 4.48. The molecule has 0 amide bonds. The average Bonchev–Trinajstić information content (AvgIpc) is 2.88. The minimum Gasteiger partial charge on any atom is -0.311 e. The minimum atomic E-state index is -1.78. The fraction of sp³-hybridized carbons (Fsp3) is 0.400. The Morgan fingerprint density at radius 2 is 1.65 bits per heavy atom. The smallest absolute Gasteiger partial charge is 0.256 e. The number of hydrogen-bond donors (Lipinski definition) is 0. The van der Waals surface area contributed by atoms with Gasteiger partial charge in [0.05, 0.1) is 11.2 Å². The lowest BCUT2D eigenvalue weighted by atomic mass is 9.86. The Morgan fingerprint density at radius 3 is 2.12 bits per heavy atom. The highest BCUT2D eigenvalue weighted by molar-refractivity contribution is 9.11. The van der Waals surface area contributed by atoms with Gasteiger partial charge in [-0.15, -0.1) is 11.8 Å². The van der Waals surface area contributed by atoms with Gasteiger partial charge in [0.25, 0.3) is 11.2 Å². The SMILES string of the molecule is N#CC1(C#N)OC(C#N)(C#N)[C@H]2SC=C(Br)[C@H]21. The van der Waals surface area contributed by atoms with E-state index < -0.39 is 22.4 Å². The Bertz CT molecular complexity index is 545. The summed E-state index contributed by atoms with van der Waals surface area (Å²) in [6.07, 6.45) is 0. The van der Waals surface area contributed by atoms with Crippen LogP contribution in [-0.4, -0.2) is 16.5 Å². The van der Waals surface area contributed by atoms with Crippen LogP contribution in [0.3, 0.4) is 0 Å². The fourth-order valence-corrected chi connectivity index (χ4v) is 4.30. The molecule has 82 valence electrons. The summed E-state index contributed by atoms with van der Waals surface area (Å²) in [5.74, 6) is -0.609. The van der Waals surface area contributed by atoms with Crippen molar-refractivity contribution in [1.29, 1.82) is 21.0 Å². The molecule has 1 fully saturated rings. The summed E-state index contributed by atoms with van der Waals surface area (Å²) in [4.78, 5) is 0. The average molecular weight is 307 g/mol. The maximum Gasteiger partial charge on any atom is 0.256 e. The van der Waals surface area contributed by atoms with Crippen LogP contribution >= 0.6 is 27.7 Å². The molecular weight excluding hydrogens is 304 g/mol. The molecule has 0 aromatic rings. The molecule has 0 N–H and O–H groups in total. The van der Waals surface area contributed by atoms with Crippen molar-refractivity contribution < 1.29 is 4.74 Å². The Kier molecular flexibility index (Phi) is 2.64. The van der Waals surface area contributed by atoms with Crippen LogP contribution in [0.5, 0.6) is 0 Å². The molecular formula is C10H3BrN4OS. The molecule has 0 aromatic carbocycles. The van der Waals surface area contributed by atoms with Crippen LogP contribution in [0.15, 0.2) is 9.89 Å². The second-order valence-corrected chi connectivity index (χ2v) is 5.49. The molecule has 2 atom stereocenters. The van der Waals surface area contributed by atoms with Gasteiger partial charge < -0.3 is 4.74 Å². The minimum absolute atomic E-state index is 0.564. The molecule has 0 unspecified atom stereocenters. The molecule has 2 heterocycles. The van der Waals surface area contributed by atoms with E-state index >= 15 is 0 Å². The van der Waals surface area contributed by atoms with Gasteiger partial charge in [-0.3, -0.25) is 0 Å². The molecule has 2 aliphatic rings. The summed E-state index contributed by atoms with van der Waals surface area (Å²) in [5.41, 5.74) is -3.54. The predicted molar refractivity (Wildman–Crippen MR) is 60.9 cm³/mol. The normalized spacial score (nSPS) is 31.2. The molecule has 0 radical (unpaired) electrons. The van der Waals surface area contributed by atoms with Gasteiger partial charge in [0.15, 0.2) is 0 Å². The third-order valence-corrected chi connectivity index (χ3v) is 5.06. The highest BCUT2D eigenvalue weighted by atomic mass is 79.9.